The number of nitrogens with zero attached hydrogens (tertiary/aromatic N) is 1. The molecule has 0 bridgehead atoms. The number of carbonyl (C=O) groups excluding carboxylic acids is 2. The van der Waals surface area contributed by atoms with Crippen molar-refractivity contribution in [2.24, 2.45) is 0 Å². The number of benzene rings is 2. The van der Waals surface area contributed by atoms with E-state index in [1.54, 1.807) is 24.3 Å². The van der Waals surface area contributed by atoms with Crippen molar-refractivity contribution < 1.29 is 19.1 Å². The summed E-state index contributed by atoms with van der Waals surface area (Å²) in [4.78, 5) is 28.7. The molecular formula is C23H20N2O4S. The highest BCUT2D eigenvalue weighted by Gasteiger charge is 2.42. The predicted octanol–water partition coefficient (Wildman–Crippen LogP) is 4.55. The third kappa shape index (κ3) is 3.44. The maximum absolute atomic E-state index is 13.5. The molecule has 7 heteroatoms. The molecule has 1 N–H and O–H groups in total. The van der Waals surface area contributed by atoms with Crippen LogP contribution in [0.15, 0.2) is 71.7 Å². The minimum atomic E-state index is -0.445. The van der Waals surface area contributed by atoms with Crippen LogP contribution in [0.5, 0.6) is 11.5 Å². The Morgan fingerprint density at radius 3 is 2.37 bits per heavy atom. The lowest BCUT2D eigenvalue weighted by Gasteiger charge is -2.18. The molecule has 2 amide bonds. The van der Waals surface area contributed by atoms with Crippen molar-refractivity contribution in [2.75, 3.05) is 23.9 Å². The summed E-state index contributed by atoms with van der Waals surface area (Å²) in [6.07, 6.45) is 0. The van der Waals surface area contributed by atoms with Gasteiger partial charge in [-0.05, 0) is 42.6 Å². The lowest BCUT2D eigenvalue weighted by molar-refractivity contribution is -0.120. The second-order valence-electron chi connectivity index (χ2n) is 6.40. The summed E-state index contributed by atoms with van der Waals surface area (Å²) in [5.74, 6) is 0.206. The fraction of sp³-hybridized carbons (Fsp3) is 0.130. The van der Waals surface area contributed by atoms with E-state index in [4.69, 9.17) is 9.47 Å². The van der Waals surface area contributed by atoms with Crippen molar-refractivity contribution in [3.05, 3.63) is 76.6 Å². The number of amides is 2. The fourth-order valence-electron chi connectivity index (χ4n) is 3.31. The monoisotopic (exact) mass is 420 g/mol. The van der Waals surface area contributed by atoms with Crippen molar-refractivity contribution in [3.8, 4) is 11.5 Å². The van der Waals surface area contributed by atoms with Crippen LogP contribution in [-0.4, -0.2) is 25.5 Å². The van der Waals surface area contributed by atoms with E-state index in [-0.39, 0.29) is 5.70 Å². The first-order chi connectivity index (χ1) is 14.7. The number of anilines is 2. The number of ether oxygens (including phenoxy) is 2. The van der Waals surface area contributed by atoms with Gasteiger partial charge in [0.2, 0.25) is 0 Å². The van der Waals surface area contributed by atoms with Gasteiger partial charge in [0.15, 0.2) is 0 Å². The van der Waals surface area contributed by atoms with Gasteiger partial charge in [-0.15, -0.1) is 11.3 Å². The Kier molecular flexibility index (Phi) is 5.54. The largest absolute Gasteiger partial charge is 0.495 e. The van der Waals surface area contributed by atoms with Gasteiger partial charge < -0.3 is 14.8 Å². The normalized spacial score (nSPS) is 13.7. The highest BCUT2D eigenvalue weighted by molar-refractivity contribution is 7.11. The summed E-state index contributed by atoms with van der Waals surface area (Å²) in [5.41, 5.74) is 1.55. The third-order valence-electron chi connectivity index (χ3n) is 4.62. The molecule has 0 unspecified atom stereocenters. The average Bonchev–Trinajstić information content (AvgIpc) is 3.36. The molecule has 0 atom stereocenters. The first-order valence-corrected chi connectivity index (χ1v) is 10.3. The topological polar surface area (TPSA) is 67.9 Å². The van der Waals surface area contributed by atoms with Crippen LogP contribution in [0, 0.1) is 0 Å². The zero-order chi connectivity index (χ0) is 21.1. The third-order valence-corrected chi connectivity index (χ3v) is 5.51. The maximum Gasteiger partial charge on any atom is 0.282 e. The fourth-order valence-corrected chi connectivity index (χ4v) is 4.08. The van der Waals surface area contributed by atoms with E-state index in [2.05, 4.69) is 5.32 Å². The van der Waals surface area contributed by atoms with Crippen molar-refractivity contribution in [3.63, 3.8) is 0 Å². The van der Waals surface area contributed by atoms with Gasteiger partial charge in [0, 0.05) is 4.88 Å². The number of nitrogens with one attached hydrogen (secondary N) is 1. The van der Waals surface area contributed by atoms with Crippen LogP contribution in [0.1, 0.15) is 11.8 Å². The van der Waals surface area contributed by atoms with Gasteiger partial charge in [0.25, 0.3) is 11.8 Å². The minimum absolute atomic E-state index is 0.209. The number of methoxy groups -OCH3 is 1. The molecule has 0 aliphatic carbocycles. The first-order valence-electron chi connectivity index (χ1n) is 9.44. The summed E-state index contributed by atoms with van der Waals surface area (Å²) in [6.45, 7) is 2.37. The Morgan fingerprint density at radius 1 is 0.933 bits per heavy atom. The minimum Gasteiger partial charge on any atom is -0.495 e. The number of rotatable bonds is 7. The molecule has 30 heavy (non-hydrogen) atoms. The number of imide groups is 1. The molecule has 2 aromatic carbocycles. The molecule has 0 spiro atoms. The maximum atomic E-state index is 13.5. The van der Waals surface area contributed by atoms with Crippen molar-refractivity contribution in [1.82, 2.24) is 0 Å². The summed E-state index contributed by atoms with van der Waals surface area (Å²) >= 11 is 1.40. The van der Waals surface area contributed by atoms with Gasteiger partial charge in [-0.3, -0.25) is 9.59 Å². The SMILES string of the molecule is CCOc1ccccc1NC1=C(c2cccs2)C(=O)N(c2ccccc2OC)C1=O. The van der Waals surface area contributed by atoms with E-state index < -0.39 is 11.8 Å². The zero-order valence-electron chi connectivity index (χ0n) is 16.5. The molecule has 2 heterocycles. The summed E-state index contributed by atoms with van der Waals surface area (Å²) < 4.78 is 11.1. The molecule has 0 saturated carbocycles. The number of thiophene rings is 1. The molecule has 0 radical (unpaired) electrons. The standard InChI is InChI=1S/C23H20N2O4S/c1-3-29-17-11-6-4-9-15(17)24-21-20(19-13-8-14-30-19)22(26)25(23(21)27)16-10-5-7-12-18(16)28-2/h4-14,24H,3H2,1-2H3. The Bertz CT molecular complexity index is 1120. The highest BCUT2D eigenvalue weighted by Crippen LogP contribution is 2.39. The average molecular weight is 420 g/mol. The molecule has 4 rings (SSSR count). The van der Waals surface area contributed by atoms with Crippen LogP contribution in [0.3, 0.4) is 0 Å². The van der Waals surface area contributed by atoms with Crippen LogP contribution in [0.25, 0.3) is 5.57 Å². The second-order valence-corrected chi connectivity index (χ2v) is 7.35. The number of para-hydroxylation sites is 4. The Balaban J connectivity index is 1.82. The first kappa shape index (κ1) is 19.7. The smallest absolute Gasteiger partial charge is 0.282 e. The molecule has 6 nitrogen and oxygen atoms in total. The number of hydrogen-bond donors (Lipinski definition) is 1. The zero-order valence-corrected chi connectivity index (χ0v) is 17.4. The molecule has 152 valence electrons. The second kappa shape index (κ2) is 8.42. The highest BCUT2D eigenvalue weighted by atomic mass is 32.1. The predicted molar refractivity (Wildman–Crippen MR) is 118 cm³/mol. The van der Waals surface area contributed by atoms with Gasteiger partial charge in [0.1, 0.15) is 17.2 Å². The molecule has 1 aromatic heterocycles. The quantitative estimate of drug-likeness (QED) is 0.568. The van der Waals surface area contributed by atoms with Gasteiger partial charge in [-0.2, -0.15) is 0 Å². The summed E-state index contributed by atoms with van der Waals surface area (Å²) in [6, 6.07) is 18.0. The molecule has 3 aromatic rings. The van der Waals surface area contributed by atoms with E-state index >= 15 is 0 Å². The van der Waals surface area contributed by atoms with Crippen LogP contribution in [-0.2, 0) is 9.59 Å². The lowest BCUT2D eigenvalue weighted by Crippen LogP contribution is -2.32. The Hall–Kier alpha value is -3.58. The number of carbonyl (C=O) groups is 2. The molecular weight excluding hydrogens is 400 g/mol. The van der Waals surface area contributed by atoms with Gasteiger partial charge >= 0.3 is 0 Å². The van der Waals surface area contributed by atoms with Crippen molar-refractivity contribution in [1.29, 1.82) is 0 Å². The van der Waals surface area contributed by atoms with Crippen LogP contribution in [0.4, 0.5) is 11.4 Å². The van der Waals surface area contributed by atoms with E-state index in [9.17, 15) is 9.59 Å². The van der Waals surface area contributed by atoms with E-state index in [1.165, 1.54) is 18.4 Å². The Morgan fingerprint density at radius 2 is 1.67 bits per heavy atom. The van der Waals surface area contributed by atoms with Crippen LogP contribution < -0.4 is 19.7 Å². The summed E-state index contributed by atoms with van der Waals surface area (Å²) in [7, 11) is 1.51. The molecule has 1 aliphatic rings. The van der Waals surface area contributed by atoms with E-state index in [0.29, 0.717) is 39.9 Å². The van der Waals surface area contributed by atoms with Gasteiger partial charge in [-0.1, -0.05) is 30.3 Å². The molecule has 0 fully saturated rings. The van der Waals surface area contributed by atoms with Crippen LogP contribution in [0.2, 0.25) is 0 Å². The van der Waals surface area contributed by atoms with Crippen LogP contribution >= 0.6 is 11.3 Å². The van der Waals surface area contributed by atoms with Crippen molar-refractivity contribution in [2.45, 2.75) is 6.92 Å². The molecule has 1 aliphatic heterocycles. The number of hydrogen-bond acceptors (Lipinski definition) is 6. The van der Waals surface area contributed by atoms with E-state index in [1.807, 2.05) is 48.7 Å². The van der Waals surface area contributed by atoms with E-state index in [0.717, 1.165) is 4.90 Å². The molecule has 0 saturated heterocycles. The van der Waals surface area contributed by atoms with Gasteiger partial charge in [-0.25, -0.2) is 4.90 Å². The summed E-state index contributed by atoms with van der Waals surface area (Å²) in [5, 5.41) is 5.03. The van der Waals surface area contributed by atoms with Gasteiger partial charge in [0.05, 0.1) is 30.7 Å². The Labute approximate surface area is 178 Å². The lowest BCUT2D eigenvalue weighted by atomic mass is 10.1. The van der Waals surface area contributed by atoms with Crippen molar-refractivity contribution >= 4 is 40.1 Å².